The Balaban J connectivity index is 1.49. The number of aromatic nitrogens is 1. The Morgan fingerprint density at radius 2 is 2.04 bits per heavy atom. The summed E-state index contributed by atoms with van der Waals surface area (Å²) in [5.41, 5.74) is 1.94. The number of fused-ring (bicyclic) bond motifs is 1. The lowest BCUT2D eigenvalue weighted by Gasteiger charge is -2.36. The molecule has 2 fully saturated rings. The first-order valence-corrected chi connectivity index (χ1v) is 8.74. The molecule has 2 aliphatic heterocycles. The van der Waals surface area contributed by atoms with E-state index in [-0.39, 0.29) is 18.1 Å². The third kappa shape index (κ3) is 3.19. The molecule has 6 nitrogen and oxygen atoms in total. The van der Waals surface area contributed by atoms with Gasteiger partial charge in [0.25, 0.3) is 5.91 Å². The van der Waals surface area contributed by atoms with Gasteiger partial charge in [-0.3, -0.25) is 9.69 Å². The quantitative estimate of drug-likeness (QED) is 0.855. The van der Waals surface area contributed by atoms with Gasteiger partial charge in [0, 0.05) is 33.1 Å². The molecule has 2 atom stereocenters. The van der Waals surface area contributed by atoms with Crippen LogP contribution in [0.5, 0.6) is 0 Å². The number of hydrogen-bond acceptors (Lipinski definition) is 5. The van der Waals surface area contributed by atoms with Crippen LogP contribution in [0.15, 0.2) is 34.7 Å². The number of nitrogens with zero attached hydrogens (tertiary/aromatic N) is 3. The number of likely N-dealkylation sites (tertiary alicyclic amines) is 1. The minimum Gasteiger partial charge on any atom is -0.436 e. The van der Waals surface area contributed by atoms with Crippen LogP contribution in [0.4, 0.5) is 0 Å². The molecular weight excluding hydrogens is 318 g/mol. The summed E-state index contributed by atoms with van der Waals surface area (Å²) in [6.07, 6.45) is 0.0609. The SMILES string of the molecule is Cc1nc(C)c(C(=O)N2C[C@H]3OCCN(Cc4ccccc4)[C@H]3C2)o1. The summed E-state index contributed by atoms with van der Waals surface area (Å²) in [5.74, 6) is 0.793. The van der Waals surface area contributed by atoms with E-state index in [0.29, 0.717) is 37.0 Å². The van der Waals surface area contributed by atoms with E-state index in [1.54, 1.807) is 6.92 Å². The molecule has 6 heteroatoms. The molecule has 0 spiro atoms. The van der Waals surface area contributed by atoms with Crippen molar-refractivity contribution in [2.24, 2.45) is 0 Å². The van der Waals surface area contributed by atoms with Gasteiger partial charge in [-0.25, -0.2) is 4.98 Å². The molecule has 1 amide bonds. The van der Waals surface area contributed by atoms with Crippen LogP contribution in [0.2, 0.25) is 0 Å². The number of aryl methyl sites for hydroxylation is 2. The molecule has 25 heavy (non-hydrogen) atoms. The van der Waals surface area contributed by atoms with Gasteiger partial charge >= 0.3 is 0 Å². The lowest BCUT2D eigenvalue weighted by Crippen LogP contribution is -2.50. The predicted octanol–water partition coefficient (Wildman–Crippen LogP) is 2.02. The number of ether oxygens (including phenoxy) is 1. The predicted molar refractivity (Wildman–Crippen MR) is 92.3 cm³/mol. The van der Waals surface area contributed by atoms with Gasteiger partial charge < -0.3 is 14.1 Å². The normalized spacial score (nSPS) is 23.7. The fourth-order valence-electron chi connectivity index (χ4n) is 3.81. The van der Waals surface area contributed by atoms with Crippen molar-refractivity contribution in [3.05, 3.63) is 53.2 Å². The topological polar surface area (TPSA) is 58.8 Å². The van der Waals surface area contributed by atoms with Crippen molar-refractivity contribution < 1.29 is 13.9 Å². The minimum absolute atomic E-state index is 0.0609. The van der Waals surface area contributed by atoms with Crippen molar-refractivity contribution in [2.45, 2.75) is 32.5 Å². The fraction of sp³-hybridized carbons (Fsp3) is 0.474. The molecule has 0 N–H and O–H groups in total. The summed E-state index contributed by atoms with van der Waals surface area (Å²) in [7, 11) is 0. The summed E-state index contributed by atoms with van der Waals surface area (Å²) >= 11 is 0. The molecule has 1 aromatic heterocycles. The molecule has 0 saturated carbocycles. The summed E-state index contributed by atoms with van der Waals surface area (Å²) in [5, 5.41) is 0. The van der Waals surface area contributed by atoms with E-state index in [0.717, 1.165) is 13.1 Å². The number of amides is 1. The zero-order chi connectivity index (χ0) is 17.4. The second-order valence-corrected chi connectivity index (χ2v) is 6.79. The maximum atomic E-state index is 12.8. The van der Waals surface area contributed by atoms with Crippen molar-refractivity contribution >= 4 is 5.91 Å². The largest absolute Gasteiger partial charge is 0.436 e. The molecule has 0 unspecified atom stereocenters. The Hall–Kier alpha value is -2.18. The van der Waals surface area contributed by atoms with Gasteiger partial charge in [0.2, 0.25) is 5.76 Å². The second kappa shape index (κ2) is 6.61. The Bertz CT molecular complexity index is 759. The first-order chi connectivity index (χ1) is 12.1. The molecule has 1 aromatic carbocycles. The molecule has 0 bridgehead atoms. The van der Waals surface area contributed by atoms with Crippen LogP contribution in [-0.2, 0) is 11.3 Å². The van der Waals surface area contributed by atoms with E-state index in [2.05, 4.69) is 34.1 Å². The van der Waals surface area contributed by atoms with Crippen molar-refractivity contribution in [1.29, 1.82) is 0 Å². The lowest BCUT2D eigenvalue weighted by molar-refractivity contribution is -0.0503. The maximum absolute atomic E-state index is 12.8. The Morgan fingerprint density at radius 3 is 2.76 bits per heavy atom. The Kier molecular flexibility index (Phi) is 4.31. The van der Waals surface area contributed by atoms with Gasteiger partial charge in [0.05, 0.1) is 24.4 Å². The van der Waals surface area contributed by atoms with Gasteiger partial charge in [0.15, 0.2) is 5.89 Å². The smallest absolute Gasteiger partial charge is 0.291 e. The van der Waals surface area contributed by atoms with Crippen LogP contribution >= 0.6 is 0 Å². The fourth-order valence-corrected chi connectivity index (χ4v) is 3.81. The molecule has 2 aliphatic rings. The first kappa shape index (κ1) is 16.3. The average Bonchev–Trinajstić information content (AvgIpc) is 3.19. The summed E-state index contributed by atoms with van der Waals surface area (Å²) in [4.78, 5) is 21.3. The number of benzene rings is 1. The zero-order valence-electron chi connectivity index (χ0n) is 14.6. The first-order valence-electron chi connectivity index (χ1n) is 8.74. The van der Waals surface area contributed by atoms with E-state index < -0.39 is 0 Å². The van der Waals surface area contributed by atoms with Crippen molar-refractivity contribution in [3.63, 3.8) is 0 Å². The van der Waals surface area contributed by atoms with E-state index >= 15 is 0 Å². The third-order valence-electron chi connectivity index (χ3n) is 5.03. The molecule has 2 aromatic rings. The summed E-state index contributed by atoms with van der Waals surface area (Å²) in [6.45, 7) is 7.32. The highest BCUT2D eigenvalue weighted by atomic mass is 16.5. The average molecular weight is 341 g/mol. The molecule has 132 valence electrons. The van der Waals surface area contributed by atoms with E-state index in [1.165, 1.54) is 5.56 Å². The van der Waals surface area contributed by atoms with E-state index in [1.807, 2.05) is 17.9 Å². The van der Waals surface area contributed by atoms with Crippen LogP contribution in [0.1, 0.15) is 27.7 Å². The number of carbonyl (C=O) groups is 1. The highest BCUT2D eigenvalue weighted by Gasteiger charge is 2.42. The van der Waals surface area contributed by atoms with Gasteiger partial charge in [-0.05, 0) is 12.5 Å². The van der Waals surface area contributed by atoms with Gasteiger partial charge in [-0.2, -0.15) is 0 Å². The Morgan fingerprint density at radius 1 is 1.24 bits per heavy atom. The molecule has 3 heterocycles. The molecule has 0 radical (unpaired) electrons. The van der Waals surface area contributed by atoms with Crippen LogP contribution in [-0.4, -0.2) is 59.1 Å². The number of hydrogen-bond donors (Lipinski definition) is 0. The van der Waals surface area contributed by atoms with Crippen LogP contribution in [0.3, 0.4) is 0 Å². The second-order valence-electron chi connectivity index (χ2n) is 6.79. The number of carbonyl (C=O) groups excluding carboxylic acids is 1. The monoisotopic (exact) mass is 341 g/mol. The summed E-state index contributed by atoms with van der Waals surface area (Å²) < 4.78 is 11.4. The zero-order valence-corrected chi connectivity index (χ0v) is 14.6. The van der Waals surface area contributed by atoms with Crippen LogP contribution in [0.25, 0.3) is 0 Å². The van der Waals surface area contributed by atoms with Gasteiger partial charge in [0.1, 0.15) is 0 Å². The van der Waals surface area contributed by atoms with Gasteiger partial charge in [-0.15, -0.1) is 0 Å². The summed E-state index contributed by atoms with van der Waals surface area (Å²) in [6, 6.07) is 10.7. The standard InChI is InChI=1S/C19H23N3O3/c1-13-18(25-14(2)20-13)19(23)22-11-16-17(12-22)24-9-8-21(16)10-15-6-4-3-5-7-15/h3-7,16-17H,8-12H2,1-2H3/t16-,17+/m0/s1. The number of oxazole rings is 1. The molecule has 2 saturated heterocycles. The van der Waals surface area contributed by atoms with Crippen LogP contribution < -0.4 is 0 Å². The van der Waals surface area contributed by atoms with Crippen LogP contribution in [0, 0.1) is 13.8 Å². The molecule has 0 aliphatic carbocycles. The van der Waals surface area contributed by atoms with Crippen molar-refractivity contribution in [3.8, 4) is 0 Å². The number of morpholine rings is 1. The molecular formula is C19H23N3O3. The van der Waals surface area contributed by atoms with E-state index in [9.17, 15) is 4.79 Å². The lowest BCUT2D eigenvalue weighted by atomic mass is 10.1. The minimum atomic E-state index is -0.0873. The highest BCUT2D eigenvalue weighted by molar-refractivity contribution is 5.92. The third-order valence-corrected chi connectivity index (χ3v) is 5.03. The van der Waals surface area contributed by atoms with E-state index in [4.69, 9.17) is 9.15 Å². The van der Waals surface area contributed by atoms with Crippen molar-refractivity contribution in [1.82, 2.24) is 14.8 Å². The van der Waals surface area contributed by atoms with Gasteiger partial charge in [-0.1, -0.05) is 30.3 Å². The van der Waals surface area contributed by atoms with Crippen molar-refractivity contribution in [2.75, 3.05) is 26.2 Å². The Labute approximate surface area is 147 Å². The number of rotatable bonds is 3. The molecule has 4 rings (SSSR count). The maximum Gasteiger partial charge on any atom is 0.291 e. The highest BCUT2D eigenvalue weighted by Crippen LogP contribution is 2.26.